The summed E-state index contributed by atoms with van der Waals surface area (Å²) >= 11 is 1.79. The van der Waals surface area contributed by atoms with Crippen molar-refractivity contribution in [3.05, 3.63) is 60.7 Å². The molecule has 0 atom stereocenters. The van der Waals surface area contributed by atoms with Gasteiger partial charge in [0.15, 0.2) is 0 Å². The maximum Gasteiger partial charge on any atom is 0.394 e. The highest BCUT2D eigenvalue weighted by Crippen LogP contribution is 2.26. The quantitative estimate of drug-likeness (QED) is 0.828. The van der Waals surface area contributed by atoms with Gasteiger partial charge in [-0.3, -0.25) is 9.11 Å². The Kier molecular flexibility index (Phi) is 5.87. The molecule has 0 aromatic heterocycles. The normalized spacial score (nSPS) is 10.3. The highest BCUT2D eigenvalue weighted by Gasteiger charge is 1.93. The standard InChI is InChI=1S/C12H10S.H2O4S/c1-3-7-11(8-4-1)13-12-9-5-2-6-10-12;1-5(2,3)4/h1-10H;(H2,1,2,3,4). The molecule has 2 aromatic carbocycles. The van der Waals surface area contributed by atoms with Crippen LogP contribution in [0.1, 0.15) is 0 Å². The first-order chi connectivity index (χ1) is 8.45. The Balaban J connectivity index is 0.000000280. The largest absolute Gasteiger partial charge is 0.394 e. The molecule has 2 rings (SSSR count). The minimum atomic E-state index is -4.67. The molecule has 0 amide bonds. The molecular formula is C12H12O4S2. The summed E-state index contributed by atoms with van der Waals surface area (Å²) in [6.45, 7) is 0. The monoisotopic (exact) mass is 284 g/mol. The minimum absolute atomic E-state index is 1.29. The Bertz CT molecular complexity index is 508. The minimum Gasteiger partial charge on any atom is -0.264 e. The van der Waals surface area contributed by atoms with Gasteiger partial charge in [0.25, 0.3) is 0 Å². The SMILES string of the molecule is O=S(=O)(O)O.c1ccc(Sc2ccccc2)cc1. The lowest BCUT2D eigenvalue weighted by Gasteiger charge is -1.99. The second-order valence-electron chi connectivity index (χ2n) is 3.18. The van der Waals surface area contributed by atoms with Crippen molar-refractivity contribution in [2.45, 2.75) is 9.79 Å². The Morgan fingerprint density at radius 3 is 1.28 bits per heavy atom. The van der Waals surface area contributed by atoms with Crippen molar-refractivity contribution in [2.24, 2.45) is 0 Å². The van der Waals surface area contributed by atoms with E-state index in [4.69, 9.17) is 17.5 Å². The average Bonchev–Trinajstić information content (AvgIpc) is 2.29. The molecule has 0 saturated heterocycles. The second-order valence-corrected chi connectivity index (χ2v) is 5.22. The van der Waals surface area contributed by atoms with E-state index in [9.17, 15) is 0 Å². The summed E-state index contributed by atoms with van der Waals surface area (Å²) in [7, 11) is -4.67. The molecule has 0 unspecified atom stereocenters. The average molecular weight is 284 g/mol. The zero-order valence-corrected chi connectivity index (χ0v) is 10.9. The van der Waals surface area contributed by atoms with E-state index in [1.54, 1.807) is 11.8 Å². The first-order valence-corrected chi connectivity index (χ1v) is 7.14. The van der Waals surface area contributed by atoms with Crippen LogP contribution in [0.4, 0.5) is 0 Å². The fraction of sp³-hybridized carbons (Fsp3) is 0. The van der Waals surface area contributed by atoms with Gasteiger partial charge in [-0.1, -0.05) is 48.2 Å². The second kappa shape index (κ2) is 7.17. The van der Waals surface area contributed by atoms with Crippen LogP contribution in [0.15, 0.2) is 70.5 Å². The molecule has 0 bridgehead atoms. The Hall–Kier alpha value is -1.34. The summed E-state index contributed by atoms with van der Waals surface area (Å²) in [6.07, 6.45) is 0. The lowest BCUT2D eigenvalue weighted by molar-refractivity contribution is 0.381. The molecule has 0 radical (unpaired) electrons. The van der Waals surface area contributed by atoms with Crippen molar-refractivity contribution in [2.75, 3.05) is 0 Å². The summed E-state index contributed by atoms with van der Waals surface area (Å²) in [5.74, 6) is 0. The van der Waals surface area contributed by atoms with Crippen LogP contribution in [0, 0.1) is 0 Å². The summed E-state index contributed by atoms with van der Waals surface area (Å²) < 4.78 is 31.6. The zero-order valence-electron chi connectivity index (χ0n) is 9.30. The van der Waals surface area contributed by atoms with E-state index in [-0.39, 0.29) is 0 Å². The molecule has 4 nitrogen and oxygen atoms in total. The first-order valence-electron chi connectivity index (χ1n) is 4.93. The molecule has 0 saturated carbocycles. The third kappa shape index (κ3) is 7.86. The van der Waals surface area contributed by atoms with Gasteiger partial charge in [-0.2, -0.15) is 8.42 Å². The van der Waals surface area contributed by atoms with Crippen LogP contribution in [-0.2, 0) is 10.4 Å². The first kappa shape index (κ1) is 14.7. The smallest absolute Gasteiger partial charge is 0.264 e. The molecule has 0 aliphatic heterocycles. The topological polar surface area (TPSA) is 74.6 Å². The molecule has 96 valence electrons. The van der Waals surface area contributed by atoms with Gasteiger partial charge in [-0.05, 0) is 24.3 Å². The number of hydrogen-bond acceptors (Lipinski definition) is 3. The van der Waals surface area contributed by atoms with Gasteiger partial charge in [-0.15, -0.1) is 0 Å². The molecule has 0 aliphatic rings. The van der Waals surface area contributed by atoms with Crippen molar-refractivity contribution < 1.29 is 17.5 Å². The fourth-order valence-corrected chi connectivity index (χ4v) is 1.97. The predicted molar refractivity (Wildman–Crippen MR) is 71.2 cm³/mol. The molecular weight excluding hydrogens is 272 g/mol. The van der Waals surface area contributed by atoms with Crippen LogP contribution in [0.25, 0.3) is 0 Å². The molecule has 2 N–H and O–H groups in total. The van der Waals surface area contributed by atoms with Crippen molar-refractivity contribution in [3.63, 3.8) is 0 Å². The molecule has 0 fully saturated rings. The van der Waals surface area contributed by atoms with E-state index in [0.29, 0.717) is 0 Å². The van der Waals surface area contributed by atoms with Crippen LogP contribution in [0.5, 0.6) is 0 Å². The van der Waals surface area contributed by atoms with Crippen molar-refractivity contribution in [3.8, 4) is 0 Å². The van der Waals surface area contributed by atoms with Crippen molar-refractivity contribution in [1.82, 2.24) is 0 Å². The van der Waals surface area contributed by atoms with Crippen LogP contribution >= 0.6 is 11.8 Å². The van der Waals surface area contributed by atoms with E-state index >= 15 is 0 Å². The highest BCUT2D eigenvalue weighted by molar-refractivity contribution is 7.99. The third-order valence-electron chi connectivity index (χ3n) is 1.72. The lowest BCUT2D eigenvalue weighted by atomic mass is 10.4. The Labute approximate surface area is 110 Å². The highest BCUT2D eigenvalue weighted by atomic mass is 32.3. The van der Waals surface area contributed by atoms with E-state index < -0.39 is 10.4 Å². The van der Waals surface area contributed by atoms with Crippen LogP contribution in [-0.4, -0.2) is 17.5 Å². The van der Waals surface area contributed by atoms with E-state index in [2.05, 4.69) is 48.5 Å². The van der Waals surface area contributed by atoms with Crippen molar-refractivity contribution in [1.29, 1.82) is 0 Å². The summed E-state index contributed by atoms with van der Waals surface area (Å²) in [4.78, 5) is 2.57. The molecule has 18 heavy (non-hydrogen) atoms. The van der Waals surface area contributed by atoms with Gasteiger partial charge in [0.05, 0.1) is 0 Å². The molecule has 0 spiro atoms. The van der Waals surface area contributed by atoms with E-state index in [0.717, 1.165) is 0 Å². The molecule has 6 heteroatoms. The maximum absolute atomic E-state index is 8.74. The third-order valence-corrected chi connectivity index (χ3v) is 2.74. The lowest BCUT2D eigenvalue weighted by Crippen LogP contribution is -1.89. The molecule has 2 aromatic rings. The summed E-state index contributed by atoms with van der Waals surface area (Å²) in [6, 6.07) is 20.8. The van der Waals surface area contributed by atoms with Gasteiger partial charge in [-0.25, -0.2) is 0 Å². The fourth-order valence-electron chi connectivity index (χ4n) is 1.11. The van der Waals surface area contributed by atoms with Gasteiger partial charge < -0.3 is 0 Å². The van der Waals surface area contributed by atoms with Gasteiger partial charge >= 0.3 is 10.4 Å². The van der Waals surface area contributed by atoms with Gasteiger partial charge in [0, 0.05) is 9.79 Å². The molecule has 0 heterocycles. The van der Waals surface area contributed by atoms with E-state index in [1.807, 2.05) is 12.1 Å². The van der Waals surface area contributed by atoms with Gasteiger partial charge in [0.1, 0.15) is 0 Å². The predicted octanol–water partition coefficient (Wildman–Crippen LogP) is 3.19. The number of hydrogen-bond donors (Lipinski definition) is 2. The Morgan fingerprint density at radius 1 is 0.722 bits per heavy atom. The van der Waals surface area contributed by atoms with E-state index in [1.165, 1.54) is 9.79 Å². The molecule has 0 aliphatic carbocycles. The Morgan fingerprint density at radius 2 is 1.00 bits per heavy atom. The summed E-state index contributed by atoms with van der Waals surface area (Å²) in [5, 5.41) is 0. The van der Waals surface area contributed by atoms with Gasteiger partial charge in [0.2, 0.25) is 0 Å². The summed E-state index contributed by atoms with van der Waals surface area (Å²) in [5.41, 5.74) is 0. The zero-order chi connectivity index (χ0) is 13.4. The van der Waals surface area contributed by atoms with Crippen LogP contribution < -0.4 is 0 Å². The maximum atomic E-state index is 8.74. The van der Waals surface area contributed by atoms with Crippen LogP contribution in [0.2, 0.25) is 0 Å². The number of rotatable bonds is 2. The van der Waals surface area contributed by atoms with Crippen LogP contribution in [0.3, 0.4) is 0 Å². The number of benzene rings is 2. The van der Waals surface area contributed by atoms with Crippen molar-refractivity contribution >= 4 is 22.2 Å².